The van der Waals surface area contributed by atoms with Gasteiger partial charge in [0.2, 0.25) is 0 Å². The molecule has 8 heteroatoms. The summed E-state index contributed by atoms with van der Waals surface area (Å²) in [6.45, 7) is 1.21. The van der Waals surface area contributed by atoms with E-state index in [0.29, 0.717) is 38.1 Å². The molecule has 7 nitrogen and oxygen atoms in total. The number of halogens is 1. The van der Waals surface area contributed by atoms with Gasteiger partial charge in [0.05, 0.1) is 12.1 Å². The molecule has 4 rings (SSSR count). The van der Waals surface area contributed by atoms with Crippen molar-refractivity contribution in [2.45, 2.75) is 19.6 Å². The lowest BCUT2D eigenvalue weighted by Gasteiger charge is -2.28. The van der Waals surface area contributed by atoms with Crippen LogP contribution in [0.2, 0.25) is 0 Å². The highest BCUT2D eigenvalue weighted by Gasteiger charge is 2.27. The Labute approximate surface area is 173 Å². The number of aromatic nitrogens is 2. The van der Waals surface area contributed by atoms with Gasteiger partial charge in [0.25, 0.3) is 0 Å². The Balaban J connectivity index is 1.46. The Morgan fingerprint density at radius 2 is 2.07 bits per heavy atom. The summed E-state index contributed by atoms with van der Waals surface area (Å²) in [6.07, 6.45) is 1.10. The first-order chi connectivity index (χ1) is 14.5. The van der Waals surface area contributed by atoms with E-state index >= 15 is 0 Å². The van der Waals surface area contributed by atoms with Crippen molar-refractivity contribution >= 4 is 18.0 Å². The molecule has 0 atom stereocenters. The first-order valence-electron chi connectivity index (χ1n) is 9.57. The van der Waals surface area contributed by atoms with Gasteiger partial charge in [0.15, 0.2) is 6.29 Å². The van der Waals surface area contributed by atoms with Gasteiger partial charge in [-0.25, -0.2) is 9.18 Å². The van der Waals surface area contributed by atoms with E-state index in [1.807, 2.05) is 42.1 Å². The molecule has 2 aromatic carbocycles. The first kappa shape index (κ1) is 19.6. The summed E-state index contributed by atoms with van der Waals surface area (Å²) in [5, 5.41) is 7.26. The van der Waals surface area contributed by atoms with Crippen molar-refractivity contribution in [3.63, 3.8) is 0 Å². The Morgan fingerprint density at radius 1 is 1.27 bits per heavy atom. The molecule has 0 spiro atoms. The zero-order valence-corrected chi connectivity index (χ0v) is 16.5. The highest BCUT2D eigenvalue weighted by Crippen LogP contribution is 2.24. The molecule has 0 aliphatic carbocycles. The Morgan fingerprint density at radius 3 is 2.80 bits per heavy atom. The quantitative estimate of drug-likeness (QED) is 0.655. The fourth-order valence-electron chi connectivity index (χ4n) is 3.53. The third-order valence-corrected chi connectivity index (χ3v) is 5.11. The number of rotatable bonds is 5. The summed E-state index contributed by atoms with van der Waals surface area (Å²) in [6, 6.07) is 13.1. The van der Waals surface area contributed by atoms with Gasteiger partial charge < -0.3 is 15.0 Å². The van der Waals surface area contributed by atoms with Crippen LogP contribution in [-0.2, 0) is 26.6 Å². The minimum absolute atomic E-state index is 0.0472. The van der Waals surface area contributed by atoms with Gasteiger partial charge in [-0.1, -0.05) is 18.2 Å². The molecular formula is C22H21FN4O3. The number of amides is 2. The maximum absolute atomic E-state index is 13.8. The minimum atomic E-state index is -0.670. The van der Waals surface area contributed by atoms with Crippen molar-refractivity contribution in [2.75, 3.05) is 11.9 Å². The minimum Gasteiger partial charge on any atom is -0.487 e. The number of urea groups is 1. The molecule has 1 aliphatic rings. The van der Waals surface area contributed by atoms with Gasteiger partial charge in [-0.05, 0) is 30.3 Å². The molecule has 1 aliphatic heterocycles. The number of hydrogen-bond donors (Lipinski definition) is 1. The molecule has 1 N–H and O–H groups in total. The van der Waals surface area contributed by atoms with E-state index in [4.69, 9.17) is 4.74 Å². The van der Waals surface area contributed by atoms with Crippen molar-refractivity contribution in [3.8, 4) is 5.75 Å². The van der Waals surface area contributed by atoms with Gasteiger partial charge in [-0.15, -0.1) is 0 Å². The normalized spacial score (nSPS) is 12.9. The number of carbonyl (C=O) groups excluding carboxylic acids is 2. The van der Waals surface area contributed by atoms with Crippen LogP contribution in [0, 0.1) is 5.82 Å². The zero-order valence-electron chi connectivity index (χ0n) is 16.5. The van der Waals surface area contributed by atoms with E-state index < -0.39 is 5.82 Å². The van der Waals surface area contributed by atoms with Crippen LogP contribution in [0.5, 0.6) is 5.75 Å². The molecule has 0 unspecified atom stereocenters. The van der Waals surface area contributed by atoms with Crippen LogP contribution in [0.25, 0.3) is 0 Å². The number of para-hydroxylation sites is 1. The largest absolute Gasteiger partial charge is 0.487 e. The summed E-state index contributed by atoms with van der Waals surface area (Å²) in [5.41, 5.74) is 3.08. The molecular weight excluding hydrogens is 387 g/mol. The van der Waals surface area contributed by atoms with E-state index in [1.54, 1.807) is 4.90 Å². The second-order valence-corrected chi connectivity index (χ2v) is 7.05. The molecule has 0 saturated carbocycles. The highest BCUT2D eigenvalue weighted by molar-refractivity contribution is 5.90. The number of hydrogen-bond acceptors (Lipinski definition) is 4. The Kier molecular flexibility index (Phi) is 5.47. The number of anilines is 1. The molecule has 0 bridgehead atoms. The second kappa shape index (κ2) is 8.36. The molecule has 2 heterocycles. The maximum atomic E-state index is 13.8. The fourth-order valence-corrected chi connectivity index (χ4v) is 3.53. The Bertz CT molecular complexity index is 1080. The van der Waals surface area contributed by atoms with E-state index in [0.717, 1.165) is 28.8 Å². The van der Waals surface area contributed by atoms with Gasteiger partial charge in [0.1, 0.15) is 23.9 Å². The number of benzene rings is 2. The third kappa shape index (κ3) is 4.03. The van der Waals surface area contributed by atoms with E-state index in [2.05, 4.69) is 10.4 Å². The van der Waals surface area contributed by atoms with Gasteiger partial charge in [-0.2, -0.15) is 5.10 Å². The van der Waals surface area contributed by atoms with Crippen molar-refractivity contribution in [2.24, 2.45) is 7.05 Å². The number of aldehydes is 1. The van der Waals surface area contributed by atoms with Gasteiger partial charge in [0, 0.05) is 37.0 Å². The highest BCUT2D eigenvalue weighted by atomic mass is 19.1. The van der Waals surface area contributed by atoms with Crippen molar-refractivity contribution in [1.82, 2.24) is 14.7 Å². The lowest BCUT2D eigenvalue weighted by molar-refractivity contribution is 0.112. The molecule has 30 heavy (non-hydrogen) atoms. The summed E-state index contributed by atoms with van der Waals surface area (Å²) in [4.78, 5) is 25.1. The standard InChI is InChI=1S/C22H21FN4O3/c1-26-21-9-10-27(22(29)24-16-8-7-15(13-28)19(23)11-16)12-18(21)20(25-26)14-30-17-5-3-2-4-6-17/h2-8,11,13H,9-10,12,14H2,1H3,(H,24,29). The SMILES string of the molecule is Cn1nc(COc2ccccc2)c2c1CCN(C(=O)Nc1ccc(C=O)c(F)c1)C2. The van der Waals surface area contributed by atoms with Crippen molar-refractivity contribution < 1.29 is 18.7 Å². The molecule has 154 valence electrons. The van der Waals surface area contributed by atoms with Crippen LogP contribution in [0.3, 0.4) is 0 Å². The van der Waals surface area contributed by atoms with Crippen LogP contribution in [-0.4, -0.2) is 33.5 Å². The van der Waals surface area contributed by atoms with E-state index in [1.165, 1.54) is 12.1 Å². The zero-order chi connectivity index (χ0) is 21.1. The topological polar surface area (TPSA) is 76.5 Å². The average Bonchev–Trinajstić information content (AvgIpc) is 3.08. The molecule has 0 fully saturated rings. The van der Waals surface area contributed by atoms with Crippen molar-refractivity contribution in [3.05, 3.63) is 76.9 Å². The predicted octanol–water partition coefficient (Wildman–Crippen LogP) is 3.54. The third-order valence-electron chi connectivity index (χ3n) is 5.11. The molecule has 0 saturated heterocycles. The summed E-state index contributed by atoms with van der Waals surface area (Å²) < 4.78 is 21.5. The molecule has 3 aromatic rings. The molecule has 2 amide bonds. The number of nitrogens with zero attached hydrogens (tertiary/aromatic N) is 3. The first-order valence-corrected chi connectivity index (χ1v) is 9.57. The monoisotopic (exact) mass is 408 g/mol. The number of nitrogens with one attached hydrogen (secondary N) is 1. The number of aryl methyl sites for hydroxylation is 1. The smallest absolute Gasteiger partial charge is 0.322 e. The lowest BCUT2D eigenvalue weighted by Crippen LogP contribution is -2.39. The molecule has 0 radical (unpaired) electrons. The van der Waals surface area contributed by atoms with Gasteiger partial charge in [-0.3, -0.25) is 9.48 Å². The Hall–Kier alpha value is -3.68. The summed E-state index contributed by atoms with van der Waals surface area (Å²) in [5.74, 6) is 0.0828. The average molecular weight is 408 g/mol. The second-order valence-electron chi connectivity index (χ2n) is 7.05. The predicted molar refractivity (Wildman–Crippen MR) is 109 cm³/mol. The lowest BCUT2D eigenvalue weighted by atomic mass is 10.1. The fraction of sp³-hybridized carbons (Fsp3) is 0.227. The van der Waals surface area contributed by atoms with Crippen molar-refractivity contribution in [1.29, 1.82) is 0 Å². The summed E-state index contributed by atoms with van der Waals surface area (Å²) >= 11 is 0. The van der Waals surface area contributed by atoms with Crippen LogP contribution >= 0.6 is 0 Å². The van der Waals surface area contributed by atoms with Gasteiger partial charge >= 0.3 is 6.03 Å². The molecule has 1 aromatic heterocycles. The summed E-state index contributed by atoms with van der Waals surface area (Å²) in [7, 11) is 1.89. The maximum Gasteiger partial charge on any atom is 0.322 e. The van der Waals surface area contributed by atoms with Crippen LogP contribution in [0.4, 0.5) is 14.9 Å². The van der Waals surface area contributed by atoms with Crippen LogP contribution in [0.1, 0.15) is 27.3 Å². The van der Waals surface area contributed by atoms with Crippen LogP contribution in [0.15, 0.2) is 48.5 Å². The number of fused-ring (bicyclic) bond motifs is 1. The van der Waals surface area contributed by atoms with Crippen LogP contribution < -0.4 is 10.1 Å². The van der Waals surface area contributed by atoms with E-state index in [9.17, 15) is 14.0 Å². The van der Waals surface area contributed by atoms with E-state index in [-0.39, 0.29) is 11.6 Å². The number of carbonyl (C=O) groups is 2. The number of ether oxygens (including phenoxy) is 1.